The van der Waals surface area contributed by atoms with Gasteiger partial charge >= 0.3 is 0 Å². The summed E-state index contributed by atoms with van der Waals surface area (Å²) in [5.74, 6) is 0.429. The van der Waals surface area contributed by atoms with Crippen LogP contribution in [0.25, 0.3) is 0 Å². The molecular formula is C13H14N2O3S. The second-order valence-corrected chi connectivity index (χ2v) is 5.61. The fourth-order valence-corrected chi connectivity index (χ4v) is 2.92. The van der Waals surface area contributed by atoms with Crippen molar-refractivity contribution in [2.24, 2.45) is 0 Å². The average Bonchev–Trinajstić information content (AvgIpc) is 2.39. The maximum atomic E-state index is 12.2. The second kappa shape index (κ2) is 5.27. The summed E-state index contributed by atoms with van der Waals surface area (Å²) in [4.78, 5) is 4.20. The minimum absolute atomic E-state index is 0.255. The lowest BCUT2D eigenvalue weighted by Gasteiger charge is -2.10. The number of ether oxygens (including phenoxy) is 1. The van der Waals surface area contributed by atoms with Crippen LogP contribution in [0.15, 0.2) is 47.5 Å². The minimum Gasteiger partial charge on any atom is -0.481 e. The Morgan fingerprint density at radius 2 is 1.89 bits per heavy atom. The number of nitrogens with one attached hydrogen (secondary N) is 1. The quantitative estimate of drug-likeness (QED) is 0.931. The van der Waals surface area contributed by atoms with Crippen LogP contribution in [0, 0.1) is 6.92 Å². The highest BCUT2D eigenvalue weighted by Crippen LogP contribution is 2.19. The van der Waals surface area contributed by atoms with Crippen molar-refractivity contribution in [2.45, 2.75) is 11.8 Å². The molecular weight excluding hydrogens is 264 g/mol. The third kappa shape index (κ3) is 3.03. The number of nitrogens with zero attached hydrogens (tertiary/aromatic N) is 1. The van der Waals surface area contributed by atoms with Crippen molar-refractivity contribution >= 4 is 15.7 Å². The van der Waals surface area contributed by atoms with Gasteiger partial charge in [0, 0.05) is 6.07 Å². The summed E-state index contributed by atoms with van der Waals surface area (Å²) in [6, 6.07) is 9.99. The van der Waals surface area contributed by atoms with Gasteiger partial charge in [0.2, 0.25) is 5.88 Å². The van der Waals surface area contributed by atoms with E-state index in [1.54, 1.807) is 43.3 Å². The fourth-order valence-electron chi connectivity index (χ4n) is 1.63. The number of methoxy groups -OCH3 is 1. The molecule has 0 amide bonds. The number of pyridine rings is 1. The third-order valence-corrected chi connectivity index (χ3v) is 4.12. The first-order valence-corrected chi connectivity index (χ1v) is 7.10. The van der Waals surface area contributed by atoms with Crippen molar-refractivity contribution < 1.29 is 13.2 Å². The van der Waals surface area contributed by atoms with Crippen LogP contribution in [0.2, 0.25) is 0 Å². The highest BCUT2D eigenvalue weighted by Gasteiger charge is 2.16. The lowest BCUT2D eigenvalue weighted by atomic mass is 10.2. The highest BCUT2D eigenvalue weighted by molar-refractivity contribution is 7.92. The van der Waals surface area contributed by atoms with Gasteiger partial charge in [-0.25, -0.2) is 13.4 Å². The monoisotopic (exact) mass is 278 g/mol. The van der Waals surface area contributed by atoms with Gasteiger partial charge in [-0.1, -0.05) is 18.2 Å². The molecule has 0 spiro atoms. The van der Waals surface area contributed by atoms with Gasteiger partial charge in [0.25, 0.3) is 10.0 Å². The first kappa shape index (κ1) is 13.4. The van der Waals surface area contributed by atoms with E-state index in [1.165, 1.54) is 13.3 Å². The summed E-state index contributed by atoms with van der Waals surface area (Å²) in [6.07, 6.45) is 1.41. The van der Waals surface area contributed by atoms with E-state index in [0.29, 0.717) is 17.1 Å². The molecule has 1 N–H and O–H groups in total. The first-order valence-electron chi connectivity index (χ1n) is 5.61. The standard InChI is InChI=1S/C13H14N2O3S/c1-10-5-3-4-6-12(10)19(16,17)15-11-7-8-13(18-2)14-9-11/h3-9,15H,1-2H3. The van der Waals surface area contributed by atoms with Crippen molar-refractivity contribution in [3.8, 4) is 5.88 Å². The van der Waals surface area contributed by atoms with E-state index in [2.05, 4.69) is 9.71 Å². The molecule has 0 unspecified atom stereocenters. The molecule has 1 heterocycles. The van der Waals surface area contributed by atoms with Gasteiger partial charge in [0.15, 0.2) is 0 Å². The molecule has 0 atom stereocenters. The van der Waals surface area contributed by atoms with E-state index in [-0.39, 0.29) is 4.90 Å². The number of hydrogen-bond donors (Lipinski definition) is 1. The van der Waals surface area contributed by atoms with Crippen LogP contribution in [0.4, 0.5) is 5.69 Å². The molecule has 2 rings (SSSR count). The van der Waals surface area contributed by atoms with Gasteiger partial charge in [0.05, 0.1) is 23.9 Å². The zero-order valence-electron chi connectivity index (χ0n) is 10.6. The van der Waals surface area contributed by atoms with E-state index >= 15 is 0 Å². The van der Waals surface area contributed by atoms with Gasteiger partial charge in [0.1, 0.15) is 0 Å². The van der Waals surface area contributed by atoms with Crippen molar-refractivity contribution in [1.82, 2.24) is 4.98 Å². The van der Waals surface area contributed by atoms with Gasteiger partial charge in [-0.2, -0.15) is 0 Å². The van der Waals surface area contributed by atoms with Crippen molar-refractivity contribution in [3.05, 3.63) is 48.2 Å². The predicted molar refractivity (Wildman–Crippen MR) is 72.8 cm³/mol. The lowest BCUT2D eigenvalue weighted by molar-refractivity contribution is 0.398. The molecule has 6 heteroatoms. The molecule has 19 heavy (non-hydrogen) atoms. The molecule has 0 fully saturated rings. The second-order valence-electron chi connectivity index (χ2n) is 3.96. The topological polar surface area (TPSA) is 68.3 Å². The summed E-state index contributed by atoms with van der Waals surface area (Å²) in [5, 5.41) is 0. The highest BCUT2D eigenvalue weighted by atomic mass is 32.2. The largest absolute Gasteiger partial charge is 0.481 e. The maximum Gasteiger partial charge on any atom is 0.262 e. The number of aryl methyl sites for hydroxylation is 1. The molecule has 2 aromatic rings. The Balaban J connectivity index is 2.28. The molecule has 100 valence electrons. The van der Waals surface area contributed by atoms with E-state index in [0.717, 1.165) is 0 Å². The third-order valence-electron chi connectivity index (χ3n) is 2.58. The predicted octanol–water partition coefficient (Wildman–Crippen LogP) is 2.20. The van der Waals surface area contributed by atoms with Crippen LogP contribution in [0.5, 0.6) is 5.88 Å². The molecule has 0 saturated carbocycles. The van der Waals surface area contributed by atoms with Crippen molar-refractivity contribution in [3.63, 3.8) is 0 Å². The zero-order chi connectivity index (χ0) is 13.9. The van der Waals surface area contributed by atoms with Crippen LogP contribution in [0.1, 0.15) is 5.56 Å². The zero-order valence-corrected chi connectivity index (χ0v) is 11.4. The fraction of sp³-hybridized carbons (Fsp3) is 0.154. The first-order chi connectivity index (χ1) is 9.03. The average molecular weight is 278 g/mol. The Morgan fingerprint density at radius 3 is 2.47 bits per heavy atom. The van der Waals surface area contributed by atoms with E-state index in [4.69, 9.17) is 4.74 Å². The van der Waals surface area contributed by atoms with Gasteiger partial charge in [-0.3, -0.25) is 4.72 Å². The Hall–Kier alpha value is -2.08. The van der Waals surface area contributed by atoms with Crippen LogP contribution in [-0.2, 0) is 10.0 Å². The SMILES string of the molecule is COc1ccc(NS(=O)(=O)c2ccccc2C)cn1. The Bertz CT molecular complexity index is 667. The molecule has 0 aliphatic carbocycles. The minimum atomic E-state index is -3.59. The van der Waals surface area contributed by atoms with Crippen molar-refractivity contribution in [2.75, 3.05) is 11.8 Å². The normalized spacial score (nSPS) is 11.1. The number of hydrogen-bond acceptors (Lipinski definition) is 4. The smallest absolute Gasteiger partial charge is 0.262 e. The van der Waals surface area contributed by atoms with Gasteiger partial charge < -0.3 is 4.74 Å². The lowest BCUT2D eigenvalue weighted by Crippen LogP contribution is -2.14. The van der Waals surface area contributed by atoms with E-state index in [9.17, 15) is 8.42 Å². The molecule has 0 radical (unpaired) electrons. The van der Waals surface area contributed by atoms with Crippen LogP contribution >= 0.6 is 0 Å². The molecule has 0 bridgehead atoms. The van der Waals surface area contributed by atoms with Crippen LogP contribution < -0.4 is 9.46 Å². The number of sulfonamides is 1. The Morgan fingerprint density at radius 1 is 1.16 bits per heavy atom. The van der Waals surface area contributed by atoms with Crippen LogP contribution in [-0.4, -0.2) is 20.5 Å². The number of rotatable bonds is 4. The summed E-state index contributed by atoms with van der Waals surface area (Å²) in [5.41, 5.74) is 1.08. The summed E-state index contributed by atoms with van der Waals surface area (Å²) in [6.45, 7) is 1.75. The van der Waals surface area contributed by atoms with Crippen LogP contribution in [0.3, 0.4) is 0 Å². The summed E-state index contributed by atoms with van der Waals surface area (Å²) >= 11 is 0. The van der Waals surface area contributed by atoms with Gasteiger partial charge in [-0.15, -0.1) is 0 Å². The Kier molecular flexibility index (Phi) is 3.71. The number of benzene rings is 1. The summed E-state index contributed by atoms with van der Waals surface area (Å²) in [7, 11) is -2.09. The number of aromatic nitrogens is 1. The maximum absolute atomic E-state index is 12.2. The molecule has 0 aliphatic rings. The van der Waals surface area contributed by atoms with E-state index < -0.39 is 10.0 Å². The molecule has 1 aromatic heterocycles. The molecule has 0 aliphatic heterocycles. The molecule has 1 aromatic carbocycles. The summed E-state index contributed by atoms with van der Waals surface area (Å²) < 4.78 is 31.8. The van der Waals surface area contributed by atoms with Crippen molar-refractivity contribution in [1.29, 1.82) is 0 Å². The van der Waals surface area contributed by atoms with Gasteiger partial charge in [-0.05, 0) is 24.6 Å². The Labute approximate surface area is 112 Å². The van der Waals surface area contributed by atoms with E-state index in [1.807, 2.05) is 0 Å². The number of anilines is 1. The molecule has 0 saturated heterocycles. The molecule has 5 nitrogen and oxygen atoms in total.